The third-order valence-electron chi connectivity index (χ3n) is 7.50. The summed E-state index contributed by atoms with van der Waals surface area (Å²) in [6.07, 6.45) is -1.22. The molecule has 1 unspecified atom stereocenters. The monoisotopic (exact) mass is 590 g/mol. The predicted octanol–water partition coefficient (Wildman–Crippen LogP) is 3.03. The molecule has 0 spiro atoms. The average Bonchev–Trinajstić information content (AvgIpc) is 3.50. The number of Topliss-reactive ketones (excluding diaryl/α,β-unsaturated/α-hetero) is 1. The van der Waals surface area contributed by atoms with Crippen LogP contribution in [0.2, 0.25) is 0 Å². The number of urea groups is 1. The van der Waals surface area contributed by atoms with Crippen molar-refractivity contribution in [1.82, 2.24) is 15.2 Å². The van der Waals surface area contributed by atoms with Crippen molar-refractivity contribution >= 4 is 17.8 Å². The van der Waals surface area contributed by atoms with Gasteiger partial charge in [-0.3, -0.25) is 9.78 Å². The minimum atomic E-state index is -5.19. The van der Waals surface area contributed by atoms with E-state index < -0.39 is 17.7 Å². The molecule has 8 nitrogen and oxygen atoms in total. The van der Waals surface area contributed by atoms with E-state index in [0.29, 0.717) is 29.7 Å². The summed E-state index contributed by atoms with van der Waals surface area (Å²) in [4.78, 5) is 40.7. The SMILES string of the molecule is C[N+]1(CC(=O)c2cccnc2)CC[C@@H](N2CC(c3ccc(F)cc3)(c3ccc(F)cc3)NC2=O)C1.O=C([O-])C(F)(F)F. The first-order valence-corrected chi connectivity index (χ1v) is 12.9. The van der Waals surface area contributed by atoms with Gasteiger partial charge in [0.2, 0.25) is 5.78 Å². The third kappa shape index (κ3) is 6.73. The Hall–Kier alpha value is -4.39. The van der Waals surface area contributed by atoms with Gasteiger partial charge < -0.3 is 24.6 Å². The fraction of sp³-hybridized carbons (Fsp3) is 0.310. The van der Waals surface area contributed by atoms with Gasteiger partial charge in [-0.1, -0.05) is 24.3 Å². The van der Waals surface area contributed by atoms with Gasteiger partial charge in [0, 0.05) is 24.4 Å². The Morgan fingerprint density at radius 1 is 1.05 bits per heavy atom. The quantitative estimate of drug-likeness (QED) is 0.270. The van der Waals surface area contributed by atoms with Gasteiger partial charge in [-0.25, -0.2) is 13.6 Å². The Morgan fingerprint density at radius 3 is 2.07 bits per heavy atom. The number of nitrogens with one attached hydrogen (secondary N) is 1. The van der Waals surface area contributed by atoms with E-state index in [2.05, 4.69) is 10.3 Å². The van der Waals surface area contributed by atoms with Gasteiger partial charge in [0.25, 0.3) is 0 Å². The number of halogens is 5. The number of nitrogens with zero attached hydrogens (tertiary/aromatic N) is 3. The molecule has 3 aromatic rings. The zero-order chi connectivity index (χ0) is 30.7. The minimum absolute atomic E-state index is 0.0269. The van der Waals surface area contributed by atoms with Crippen LogP contribution < -0.4 is 10.4 Å². The smallest absolute Gasteiger partial charge is 0.430 e. The number of hydrogen-bond donors (Lipinski definition) is 1. The number of amides is 2. The standard InChI is InChI=1S/C27H26F2N4O2.C2HF3O2/c1-33(17-25(34)19-3-2-13-30-15-19)14-12-24(16-33)32-18-27(31-26(32)35,20-4-8-22(28)9-5-20)21-6-10-23(29)11-7-21;3-2(4,5)1(6)7/h2-11,13,15,24H,12,14,16-18H2,1H3;(H,6,7)/t24-,33?;/m1./s1. The van der Waals surface area contributed by atoms with Crippen molar-refractivity contribution in [3.8, 4) is 0 Å². The van der Waals surface area contributed by atoms with E-state index in [-0.39, 0.29) is 29.5 Å². The Labute approximate surface area is 238 Å². The molecule has 2 aliphatic heterocycles. The molecule has 2 aliphatic rings. The van der Waals surface area contributed by atoms with Crippen molar-refractivity contribution in [1.29, 1.82) is 0 Å². The van der Waals surface area contributed by atoms with Crippen LogP contribution in [0.5, 0.6) is 0 Å². The van der Waals surface area contributed by atoms with Crippen LogP contribution in [0.4, 0.5) is 26.7 Å². The summed E-state index contributed by atoms with van der Waals surface area (Å²) < 4.78 is 59.4. The van der Waals surface area contributed by atoms with Gasteiger partial charge in [-0.2, -0.15) is 13.2 Å². The van der Waals surface area contributed by atoms with Crippen molar-refractivity contribution < 1.29 is 45.9 Å². The summed E-state index contributed by atoms with van der Waals surface area (Å²) in [5.41, 5.74) is 1.10. The van der Waals surface area contributed by atoms with E-state index >= 15 is 0 Å². The molecule has 2 atom stereocenters. The van der Waals surface area contributed by atoms with Crippen LogP contribution in [0.25, 0.3) is 0 Å². The number of aliphatic carboxylic acids is 1. The maximum absolute atomic E-state index is 13.7. The molecule has 42 heavy (non-hydrogen) atoms. The summed E-state index contributed by atoms with van der Waals surface area (Å²) in [7, 11) is 2.04. The second-order valence-corrected chi connectivity index (χ2v) is 10.6. The summed E-state index contributed by atoms with van der Waals surface area (Å²) in [5.74, 6) is -3.72. The molecule has 2 fully saturated rings. The van der Waals surface area contributed by atoms with Crippen LogP contribution in [0.1, 0.15) is 27.9 Å². The lowest BCUT2D eigenvalue weighted by Crippen LogP contribution is -2.49. The Balaban J connectivity index is 0.000000517. The maximum atomic E-state index is 13.7. The van der Waals surface area contributed by atoms with Crippen LogP contribution in [0.15, 0.2) is 73.1 Å². The van der Waals surface area contributed by atoms with Crippen molar-refractivity contribution in [2.45, 2.75) is 24.2 Å². The summed E-state index contributed by atoms with van der Waals surface area (Å²) >= 11 is 0. The lowest BCUT2D eigenvalue weighted by atomic mass is 9.83. The van der Waals surface area contributed by atoms with Crippen molar-refractivity contribution in [3.05, 3.63) is 101 Å². The Kier molecular flexibility index (Phi) is 8.62. The fourth-order valence-corrected chi connectivity index (χ4v) is 5.39. The predicted molar refractivity (Wildman–Crippen MR) is 138 cm³/mol. The van der Waals surface area contributed by atoms with Crippen LogP contribution >= 0.6 is 0 Å². The first kappa shape index (κ1) is 30.6. The normalized spacial score (nSPS) is 21.3. The summed E-state index contributed by atoms with van der Waals surface area (Å²) in [6.45, 7) is 2.06. The molecule has 1 aromatic heterocycles. The number of ketones is 1. The molecule has 0 saturated carbocycles. The van der Waals surface area contributed by atoms with E-state index in [1.54, 1.807) is 48.8 Å². The van der Waals surface area contributed by atoms with Gasteiger partial charge in [-0.15, -0.1) is 0 Å². The molecule has 0 aliphatic carbocycles. The Morgan fingerprint density at radius 2 is 1.60 bits per heavy atom. The number of pyridine rings is 1. The van der Waals surface area contributed by atoms with E-state index in [1.807, 2.05) is 11.9 Å². The number of hydrogen-bond acceptors (Lipinski definition) is 5. The molecule has 13 heteroatoms. The highest BCUT2D eigenvalue weighted by Gasteiger charge is 2.50. The van der Waals surface area contributed by atoms with E-state index in [1.165, 1.54) is 24.3 Å². The molecule has 0 radical (unpaired) electrons. The maximum Gasteiger partial charge on any atom is 0.430 e. The number of alkyl halides is 3. The van der Waals surface area contributed by atoms with Gasteiger partial charge in [-0.05, 0) is 47.5 Å². The first-order valence-electron chi connectivity index (χ1n) is 12.9. The lowest BCUT2D eigenvalue weighted by molar-refractivity contribution is -0.890. The number of likely N-dealkylation sites (tertiary alicyclic amines) is 1. The minimum Gasteiger partial charge on any atom is -0.542 e. The largest absolute Gasteiger partial charge is 0.542 e. The highest BCUT2D eigenvalue weighted by Crippen LogP contribution is 2.37. The lowest BCUT2D eigenvalue weighted by Gasteiger charge is -2.32. The number of carboxylic acids is 1. The Bertz CT molecular complexity index is 1390. The van der Waals surface area contributed by atoms with Crippen LogP contribution in [-0.2, 0) is 10.3 Å². The number of rotatable bonds is 6. The average molecular weight is 591 g/mol. The van der Waals surface area contributed by atoms with E-state index in [0.717, 1.165) is 24.1 Å². The topological polar surface area (TPSA) is 102 Å². The molecular weight excluding hydrogens is 563 g/mol. The zero-order valence-corrected chi connectivity index (χ0v) is 22.4. The van der Waals surface area contributed by atoms with Crippen molar-refractivity contribution in [2.24, 2.45) is 0 Å². The van der Waals surface area contributed by atoms with Crippen LogP contribution in [-0.4, -0.2) is 77.6 Å². The third-order valence-corrected chi connectivity index (χ3v) is 7.50. The molecule has 2 amide bonds. The molecular formula is C29H27F5N4O4. The van der Waals surface area contributed by atoms with E-state index in [4.69, 9.17) is 9.90 Å². The van der Waals surface area contributed by atoms with Gasteiger partial charge in [0.1, 0.15) is 29.7 Å². The van der Waals surface area contributed by atoms with Crippen molar-refractivity contribution in [3.63, 3.8) is 0 Å². The molecule has 222 valence electrons. The highest BCUT2D eigenvalue weighted by atomic mass is 19.4. The number of carboxylic acid groups (broad SMARTS) is 1. The van der Waals surface area contributed by atoms with Crippen molar-refractivity contribution in [2.75, 3.05) is 33.2 Å². The summed E-state index contributed by atoms with van der Waals surface area (Å²) in [6, 6.07) is 15.3. The second-order valence-electron chi connectivity index (χ2n) is 10.6. The van der Waals surface area contributed by atoms with E-state index in [9.17, 15) is 31.5 Å². The molecule has 5 rings (SSSR count). The zero-order valence-electron chi connectivity index (χ0n) is 22.4. The second kappa shape index (κ2) is 11.8. The molecule has 2 aromatic carbocycles. The fourth-order valence-electron chi connectivity index (χ4n) is 5.39. The highest BCUT2D eigenvalue weighted by molar-refractivity contribution is 5.96. The molecule has 2 saturated heterocycles. The number of carbonyl (C=O) groups is 3. The van der Waals surface area contributed by atoms with Crippen LogP contribution in [0, 0.1) is 11.6 Å². The number of quaternary nitrogens is 1. The number of benzene rings is 2. The van der Waals surface area contributed by atoms with Gasteiger partial charge >= 0.3 is 12.2 Å². The number of likely N-dealkylation sites (N-methyl/N-ethyl adjacent to an activating group) is 1. The van der Waals surface area contributed by atoms with Gasteiger partial charge in [0.05, 0.1) is 32.7 Å². The van der Waals surface area contributed by atoms with Crippen LogP contribution in [0.3, 0.4) is 0 Å². The summed E-state index contributed by atoms with van der Waals surface area (Å²) in [5, 5.41) is 11.9. The molecule has 1 N–H and O–H groups in total. The number of carbonyl (C=O) groups excluding carboxylic acids is 3. The number of aromatic nitrogens is 1. The first-order chi connectivity index (χ1) is 19.7. The van der Waals surface area contributed by atoms with Gasteiger partial charge in [0.15, 0.2) is 0 Å². The molecule has 3 heterocycles. The molecule has 0 bridgehead atoms.